The van der Waals surface area contributed by atoms with Crippen LogP contribution >= 0.6 is 0 Å². The summed E-state index contributed by atoms with van der Waals surface area (Å²) in [6.45, 7) is 3.00. The first-order chi connectivity index (χ1) is 14.2. The molecular weight excluding hydrogens is 362 g/mol. The zero-order chi connectivity index (χ0) is 20.1. The molecule has 1 saturated heterocycles. The highest BCUT2D eigenvalue weighted by atomic mass is 16.5. The van der Waals surface area contributed by atoms with Crippen LogP contribution in [0.15, 0.2) is 48.7 Å². The molecule has 2 aromatic rings. The van der Waals surface area contributed by atoms with Crippen LogP contribution < -0.4 is 10.1 Å². The van der Waals surface area contributed by atoms with E-state index in [0.29, 0.717) is 5.92 Å². The highest BCUT2D eigenvalue weighted by molar-refractivity contribution is 5.79. The van der Waals surface area contributed by atoms with Gasteiger partial charge in [0.05, 0.1) is 18.8 Å². The van der Waals surface area contributed by atoms with E-state index in [4.69, 9.17) is 4.74 Å². The van der Waals surface area contributed by atoms with Crippen LogP contribution in [0, 0.1) is 11.8 Å². The van der Waals surface area contributed by atoms with Crippen LogP contribution in [0.4, 0.5) is 0 Å². The lowest BCUT2D eigenvalue weighted by molar-refractivity contribution is -0.128. The highest BCUT2D eigenvalue weighted by Crippen LogP contribution is 2.33. The Hall–Kier alpha value is -2.40. The molecule has 154 valence electrons. The summed E-state index contributed by atoms with van der Waals surface area (Å²) in [7, 11) is 1.71. The summed E-state index contributed by atoms with van der Waals surface area (Å²) in [5.41, 5.74) is 2.27. The van der Waals surface area contributed by atoms with Gasteiger partial charge < -0.3 is 10.1 Å². The minimum atomic E-state index is 0.0169. The van der Waals surface area contributed by atoms with Crippen molar-refractivity contribution in [2.75, 3.05) is 20.2 Å². The molecule has 1 aliphatic heterocycles. The smallest absolute Gasteiger partial charge is 0.223 e. The monoisotopic (exact) mass is 393 g/mol. The van der Waals surface area contributed by atoms with Crippen LogP contribution in [0.5, 0.6) is 5.75 Å². The van der Waals surface area contributed by atoms with Crippen LogP contribution in [0.25, 0.3) is 0 Å². The molecule has 2 heterocycles. The summed E-state index contributed by atoms with van der Waals surface area (Å²) in [4.78, 5) is 19.7. The Bertz CT molecular complexity index is 799. The van der Waals surface area contributed by atoms with Gasteiger partial charge in [0.2, 0.25) is 5.91 Å². The van der Waals surface area contributed by atoms with Gasteiger partial charge in [0, 0.05) is 18.7 Å². The molecule has 4 rings (SSSR count). The van der Waals surface area contributed by atoms with Crippen molar-refractivity contribution >= 4 is 5.91 Å². The Morgan fingerprint density at radius 3 is 2.66 bits per heavy atom. The highest BCUT2D eigenvalue weighted by Gasteiger charge is 2.33. The number of hydrogen-bond acceptors (Lipinski definition) is 4. The van der Waals surface area contributed by atoms with Crippen molar-refractivity contribution in [3.63, 3.8) is 0 Å². The van der Waals surface area contributed by atoms with Crippen molar-refractivity contribution in [3.8, 4) is 5.75 Å². The Balaban J connectivity index is 1.38. The molecule has 0 unspecified atom stereocenters. The molecule has 1 aromatic heterocycles. The predicted molar refractivity (Wildman–Crippen MR) is 113 cm³/mol. The van der Waals surface area contributed by atoms with Crippen LogP contribution in [-0.2, 0) is 11.3 Å². The number of likely N-dealkylation sites (tertiary alicyclic amines) is 1. The maximum atomic E-state index is 12.7. The van der Waals surface area contributed by atoms with E-state index in [1.807, 2.05) is 36.5 Å². The summed E-state index contributed by atoms with van der Waals surface area (Å²) >= 11 is 0. The Labute approximate surface area is 173 Å². The van der Waals surface area contributed by atoms with Gasteiger partial charge >= 0.3 is 0 Å². The van der Waals surface area contributed by atoms with Crippen LogP contribution in [0.2, 0.25) is 0 Å². The first-order valence-electron chi connectivity index (χ1n) is 10.8. The molecule has 0 bridgehead atoms. The van der Waals surface area contributed by atoms with Gasteiger partial charge in [-0.25, -0.2) is 0 Å². The second kappa shape index (κ2) is 9.40. The molecule has 0 spiro atoms. The number of aromatic nitrogens is 1. The molecule has 1 aliphatic carbocycles. The molecule has 5 heteroatoms. The molecule has 1 saturated carbocycles. The first kappa shape index (κ1) is 19.9. The molecule has 5 nitrogen and oxygen atoms in total. The number of ether oxygens (including phenoxy) is 1. The van der Waals surface area contributed by atoms with Gasteiger partial charge in [-0.3, -0.25) is 14.7 Å². The van der Waals surface area contributed by atoms with E-state index in [1.165, 1.54) is 12.0 Å². The fraction of sp³-hybridized carbons (Fsp3) is 0.500. The standard InChI is InChI=1S/C24H31N3O2/c1-29-21-9-4-6-18(16-21)17-27-14-11-19(12-15-27)23(22-10-2-3-13-25-22)26-24(28)20-7-5-8-20/h2-4,6,9-10,13,16,19-20,23H,5,7-8,11-12,14-15,17H2,1H3,(H,26,28)/t23-/m0/s1. The fourth-order valence-corrected chi connectivity index (χ4v) is 4.41. The lowest BCUT2D eigenvalue weighted by Gasteiger charge is -2.37. The number of piperidine rings is 1. The third-order valence-electron chi connectivity index (χ3n) is 6.42. The molecule has 29 heavy (non-hydrogen) atoms. The van der Waals surface area contributed by atoms with E-state index in [9.17, 15) is 4.79 Å². The average molecular weight is 394 g/mol. The van der Waals surface area contributed by atoms with E-state index in [2.05, 4.69) is 27.3 Å². The molecule has 0 radical (unpaired) electrons. The third kappa shape index (κ3) is 4.96. The Morgan fingerprint density at radius 2 is 2.00 bits per heavy atom. The number of methoxy groups -OCH3 is 1. The average Bonchev–Trinajstić information content (AvgIpc) is 2.72. The molecule has 2 aliphatic rings. The van der Waals surface area contributed by atoms with Crippen molar-refractivity contribution in [3.05, 3.63) is 59.9 Å². The predicted octanol–water partition coefficient (Wildman–Crippen LogP) is 3.96. The van der Waals surface area contributed by atoms with E-state index in [-0.39, 0.29) is 17.9 Å². The molecule has 1 aromatic carbocycles. The van der Waals surface area contributed by atoms with Crippen LogP contribution in [-0.4, -0.2) is 36.0 Å². The molecule has 2 fully saturated rings. The van der Waals surface area contributed by atoms with Gasteiger partial charge in [-0.1, -0.05) is 24.6 Å². The fourth-order valence-electron chi connectivity index (χ4n) is 4.41. The first-order valence-corrected chi connectivity index (χ1v) is 10.8. The summed E-state index contributed by atoms with van der Waals surface area (Å²) in [6, 6.07) is 14.3. The summed E-state index contributed by atoms with van der Waals surface area (Å²) in [6.07, 6.45) is 7.19. The number of nitrogens with zero attached hydrogens (tertiary/aromatic N) is 2. The van der Waals surface area contributed by atoms with Crippen molar-refractivity contribution < 1.29 is 9.53 Å². The summed E-state index contributed by atoms with van der Waals surface area (Å²) in [5.74, 6) is 1.75. The topological polar surface area (TPSA) is 54.5 Å². The number of carbonyl (C=O) groups excluding carboxylic acids is 1. The van der Waals surface area contributed by atoms with Gasteiger partial charge in [0.15, 0.2) is 0 Å². The second-order valence-electron chi connectivity index (χ2n) is 8.33. The van der Waals surface area contributed by atoms with E-state index < -0.39 is 0 Å². The van der Waals surface area contributed by atoms with Crippen LogP contribution in [0.1, 0.15) is 49.4 Å². The second-order valence-corrected chi connectivity index (χ2v) is 8.33. The maximum absolute atomic E-state index is 12.7. The number of carbonyl (C=O) groups is 1. The largest absolute Gasteiger partial charge is 0.497 e. The molecular formula is C24H31N3O2. The molecule has 1 atom stereocenters. The number of amides is 1. The zero-order valence-electron chi connectivity index (χ0n) is 17.2. The minimum Gasteiger partial charge on any atom is -0.497 e. The van der Waals surface area contributed by atoms with Crippen LogP contribution in [0.3, 0.4) is 0 Å². The number of rotatable bonds is 7. The van der Waals surface area contributed by atoms with E-state index in [0.717, 1.165) is 56.8 Å². The summed E-state index contributed by atoms with van der Waals surface area (Å²) < 4.78 is 5.35. The van der Waals surface area contributed by atoms with Crippen molar-refractivity contribution in [1.82, 2.24) is 15.2 Å². The SMILES string of the molecule is COc1cccc(CN2CCC([C@H](NC(=O)C3CCC3)c3ccccn3)CC2)c1. The third-order valence-corrected chi connectivity index (χ3v) is 6.42. The van der Waals surface area contributed by atoms with Gasteiger partial charge in [-0.2, -0.15) is 0 Å². The Kier molecular flexibility index (Phi) is 6.45. The summed E-state index contributed by atoms with van der Waals surface area (Å²) in [5, 5.41) is 3.35. The number of nitrogens with one attached hydrogen (secondary N) is 1. The number of pyridine rings is 1. The minimum absolute atomic E-state index is 0.0169. The Morgan fingerprint density at radius 1 is 1.17 bits per heavy atom. The maximum Gasteiger partial charge on any atom is 0.223 e. The van der Waals surface area contributed by atoms with Gasteiger partial charge in [-0.05, 0) is 74.5 Å². The van der Waals surface area contributed by atoms with Gasteiger partial charge in [0.1, 0.15) is 5.75 Å². The van der Waals surface area contributed by atoms with Crippen molar-refractivity contribution in [2.24, 2.45) is 11.8 Å². The normalized spacial score (nSPS) is 19.3. The van der Waals surface area contributed by atoms with Gasteiger partial charge in [0.25, 0.3) is 0 Å². The van der Waals surface area contributed by atoms with Crippen molar-refractivity contribution in [2.45, 2.75) is 44.7 Å². The lowest BCUT2D eigenvalue weighted by Crippen LogP contribution is -2.43. The van der Waals surface area contributed by atoms with E-state index in [1.54, 1.807) is 7.11 Å². The lowest BCUT2D eigenvalue weighted by atomic mass is 9.83. The molecule has 1 N–H and O–H groups in total. The zero-order valence-corrected chi connectivity index (χ0v) is 17.2. The number of hydrogen-bond donors (Lipinski definition) is 1. The quantitative estimate of drug-likeness (QED) is 0.774. The van der Waals surface area contributed by atoms with E-state index >= 15 is 0 Å². The van der Waals surface area contributed by atoms with Crippen molar-refractivity contribution in [1.29, 1.82) is 0 Å². The number of benzene rings is 1. The van der Waals surface area contributed by atoms with Gasteiger partial charge in [-0.15, -0.1) is 0 Å². The molecule has 1 amide bonds.